The van der Waals surface area contributed by atoms with Gasteiger partial charge in [0.15, 0.2) is 5.82 Å². The molecule has 0 bridgehead atoms. The second kappa shape index (κ2) is 9.12. The number of carbonyl (C=O) groups excluding carboxylic acids is 1. The predicted octanol–water partition coefficient (Wildman–Crippen LogP) is 3.94. The van der Waals surface area contributed by atoms with E-state index in [0.29, 0.717) is 24.5 Å². The van der Waals surface area contributed by atoms with Crippen LogP contribution in [0.25, 0.3) is 0 Å². The van der Waals surface area contributed by atoms with Crippen molar-refractivity contribution in [1.29, 1.82) is 0 Å². The third-order valence-corrected chi connectivity index (χ3v) is 7.11. The van der Waals surface area contributed by atoms with E-state index in [1.54, 1.807) is 0 Å². The summed E-state index contributed by atoms with van der Waals surface area (Å²) < 4.78 is 55.9. The summed E-state index contributed by atoms with van der Waals surface area (Å²) in [5.74, 6) is -1.58. The van der Waals surface area contributed by atoms with Crippen LogP contribution in [0.2, 0.25) is 5.02 Å². The lowest BCUT2D eigenvalue weighted by Gasteiger charge is -2.42. The molecule has 0 radical (unpaired) electrons. The molecule has 0 spiro atoms. The second-order valence-electron chi connectivity index (χ2n) is 7.33. The fraction of sp³-hybridized carbons (Fsp3) is 0.200. The molecule has 13 heteroatoms. The average Bonchev–Trinajstić information content (AvgIpc) is 3.20. The molecular formula is C20H18ClF2N5O3S2. The molecule has 174 valence electrons. The molecule has 1 fully saturated rings. The van der Waals surface area contributed by atoms with Gasteiger partial charge in [-0.15, -0.1) is 11.3 Å². The Balaban J connectivity index is 1.58. The Labute approximate surface area is 197 Å². The van der Waals surface area contributed by atoms with Crippen molar-refractivity contribution in [2.24, 2.45) is 0 Å². The molecule has 3 aromatic rings. The minimum atomic E-state index is -4.25. The van der Waals surface area contributed by atoms with Gasteiger partial charge in [0, 0.05) is 31.5 Å². The molecule has 0 unspecified atom stereocenters. The molecule has 8 nitrogen and oxygen atoms in total. The lowest BCUT2D eigenvalue weighted by molar-refractivity contribution is -0.119. The number of hydrogen-bond acceptors (Lipinski definition) is 7. The van der Waals surface area contributed by atoms with Gasteiger partial charge >= 0.3 is 0 Å². The first-order valence-corrected chi connectivity index (χ1v) is 12.4. The van der Waals surface area contributed by atoms with Gasteiger partial charge in [-0.1, -0.05) is 11.6 Å². The highest BCUT2D eigenvalue weighted by molar-refractivity contribution is 7.92. The quantitative estimate of drug-likeness (QED) is 0.442. The molecule has 1 amide bonds. The van der Waals surface area contributed by atoms with Gasteiger partial charge in [0.1, 0.15) is 16.5 Å². The molecule has 1 aromatic heterocycles. The van der Waals surface area contributed by atoms with E-state index >= 15 is 0 Å². The molecule has 1 aliphatic rings. The van der Waals surface area contributed by atoms with Crippen molar-refractivity contribution in [1.82, 2.24) is 10.3 Å². The summed E-state index contributed by atoms with van der Waals surface area (Å²) in [7, 11) is -4.25. The smallest absolute Gasteiger partial charge is 0.266 e. The van der Waals surface area contributed by atoms with Crippen molar-refractivity contribution in [3.63, 3.8) is 0 Å². The number of thiazole rings is 1. The summed E-state index contributed by atoms with van der Waals surface area (Å²) in [5.41, 5.74) is 2.48. The Morgan fingerprint density at radius 3 is 2.64 bits per heavy atom. The van der Waals surface area contributed by atoms with Crippen molar-refractivity contribution < 1.29 is 22.0 Å². The van der Waals surface area contributed by atoms with Crippen molar-refractivity contribution in [2.45, 2.75) is 17.9 Å². The van der Waals surface area contributed by atoms with Crippen molar-refractivity contribution in [3.05, 3.63) is 57.9 Å². The summed E-state index contributed by atoms with van der Waals surface area (Å²) >= 11 is 7.44. The topological polar surface area (TPSA) is 103 Å². The number of rotatable bonds is 7. The number of aromatic nitrogens is 1. The Hall–Kier alpha value is -2.96. The van der Waals surface area contributed by atoms with E-state index in [2.05, 4.69) is 20.3 Å². The van der Waals surface area contributed by atoms with Crippen LogP contribution < -0.4 is 20.3 Å². The molecule has 0 aliphatic carbocycles. The maximum Gasteiger partial charge on any atom is 0.266 e. The maximum absolute atomic E-state index is 14.8. The number of anilines is 4. The van der Waals surface area contributed by atoms with Crippen LogP contribution >= 0.6 is 22.9 Å². The summed E-state index contributed by atoms with van der Waals surface area (Å²) in [6, 6.07) is 5.91. The molecule has 2 aromatic carbocycles. The van der Waals surface area contributed by atoms with Gasteiger partial charge in [-0.3, -0.25) is 9.52 Å². The van der Waals surface area contributed by atoms with Crippen molar-refractivity contribution >= 4 is 61.7 Å². The van der Waals surface area contributed by atoms with E-state index in [0.717, 1.165) is 12.1 Å². The monoisotopic (exact) mass is 513 g/mol. The zero-order valence-corrected chi connectivity index (χ0v) is 19.5. The number of nitrogens with one attached hydrogen (secondary N) is 3. The fourth-order valence-corrected chi connectivity index (χ4v) is 5.28. The molecule has 2 heterocycles. The first-order valence-electron chi connectivity index (χ1n) is 9.61. The van der Waals surface area contributed by atoms with Crippen molar-refractivity contribution in [3.8, 4) is 0 Å². The van der Waals surface area contributed by atoms with Crippen LogP contribution in [0.3, 0.4) is 0 Å². The van der Waals surface area contributed by atoms with Crippen LogP contribution in [-0.4, -0.2) is 38.4 Å². The van der Waals surface area contributed by atoms with Crippen molar-refractivity contribution in [2.75, 3.05) is 28.0 Å². The largest absolute Gasteiger partial charge is 0.366 e. The van der Waals surface area contributed by atoms with Gasteiger partial charge in [0.25, 0.3) is 10.0 Å². The summed E-state index contributed by atoms with van der Waals surface area (Å²) in [4.78, 5) is 16.2. The van der Waals surface area contributed by atoms with Gasteiger partial charge in [-0.2, -0.15) is 0 Å². The Bertz CT molecular complexity index is 1300. The molecule has 1 aliphatic heterocycles. The van der Waals surface area contributed by atoms with Crippen LogP contribution in [0.15, 0.2) is 46.1 Å². The van der Waals surface area contributed by atoms with Crippen LogP contribution in [0.1, 0.15) is 6.92 Å². The Kier molecular flexibility index (Phi) is 6.41. The van der Waals surface area contributed by atoms with Gasteiger partial charge in [0.2, 0.25) is 5.91 Å². The molecule has 33 heavy (non-hydrogen) atoms. The number of nitrogens with zero attached hydrogens (tertiary/aromatic N) is 2. The van der Waals surface area contributed by atoms with E-state index in [-0.39, 0.29) is 28.5 Å². The average molecular weight is 514 g/mol. The van der Waals surface area contributed by atoms with E-state index in [4.69, 9.17) is 11.6 Å². The van der Waals surface area contributed by atoms with E-state index in [1.165, 1.54) is 47.4 Å². The fourth-order valence-electron chi connectivity index (χ4n) is 3.36. The van der Waals surface area contributed by atoms with Gasteiger partial charge in [0.05, 0.1) is 33.6 Å². The van der Waals surface area contributed by atoms with E-state index < -0.39 is 26.6 Å². The zero-order chi connectivity index (χ0) is 23.8. The minimum Gasteiger partial charge on any atom is -0.366 e. The highest BCUT2D eigenvalue weighted by Gasteiger charge is 2.29. The normalized spacial score (nSPS) is 14.0. The van der Waals surface area contributed by atoms with Gasteiger partial charge < -0.3 is 15.5 Å². The molecule has 0 atom stereocenters. The minimum absolute atomic E-state index is 0.0509. The van der Waals surface area contributed by atoms with Crippen LogP contribution in [0, 0.1) is 11.6 Å². The third kappa shape index (κ3) is 5.18. The molecule has 0 saturated carbocycles. The Morgan fingerprint density at radius 2 is 1.97 bits per heavy atom. The number of amides is 1. The summed E-state index contributed by atoms with van der Waals surface area (Å²) in [6.45, 7) is 2.36. The Morgan fingerprint density at radius 1 is 1.21 bits per heavy atom. The number of sulfonamides is 1. The number of benzene rings is 2. The standard InChI is InChI=1S/C20H18ClF2N5O3S2/c1-11(29)25-13-7-28(8-13)18-4-12(22)2-3-16(18)26-17-6-15(23)19(5-14(17)21)33(30,31)27-20-9-32-10-24-20/h2-6,9-10,13,26-27H,7-8H2,1H3,(H,25,29). The summed E-state index contributed by atoms with van der Waals surface area (Å²) in [5, 5.41) is 7.14. The predicted molar refractivity (Wildman–Crippen MR) is 124 cm³/mol. The SMILES string of the molecule is CC(=O)NC1CN(c2cc(F)ccc2Nc2cc(F)c(S(=O)(=O)Nc3cscn3)cc2Cl)C1. The highest BCUT2D eigenvalue weighted by atomic mass is 35.5. The van der Waals surface area contributed by atoms with Crippen LogP contribution in [0.4, 0.5) is 31.7 Å². The van der Waals surface area contributed by atoms with Crippen LogP contribution in [0.5, 0.6) is 0 Å². The van der Waals surface area contributed by atoms with Gasteiger partial charge in [-0.05, 0) is 24.3 Å². The molecule has 4 rings (SSSR count). The zero-order valence-electron chi connectivity index (χ0n) is 17.1. The molecule has 3 N–H and O–H groups in total. The first-order chi connectivity index (χ1) is 15.6. The van der Waals surface area contributed by atoms with Crippen LogP contribution in [-0.2, 0) is 14.8 Å². The second-order valence-corrected chi connectivity index (χ2v) is 10.1. The highest BCUT2D eigenvalue weighted by Crippen LogP contribution is 2.36. The number of carbonyl (C=O) groups is 1. The maximum atomic E-state index is 14.8. The lowest BCUT2D eigenvalue weighted by atomic mass is 10.1. The third-order valence-electron chi connectivity index (χ3n) is 4.84. The first kappa shape index (κ1) is 23.2. The van der Waals surface area contributed by atoms with Gasteiger partial charge in [-0.25, -0.2) is 22.2 Å². The summed E-state index contributed by atoms with van der Waals surface area (Å²) in [6.07, 6.45) is 0. The van der Waals surface area contributed by atoms with E-state index in [9.17, 15) is 22.0 Å². The number of halogens is 3. The number of hydrogen-bond donors (Lipinski definition) is 3. The molecule has 1 saturated heterocycles. The molecular weight excluding hydrogens is 496 g/mol. The lowest BCUT2D eigenvalue weighted by Crippen LogP contribution is -2.59. The van der Waals surface area contributed by atoms with E-state index in [1.807, 2.05) is 4.90 Å².